The summed E-state index contributed by atoms with van der Waals surface area (Å²) in [5.41, 5.74) is 0.473. The van der Waals surface area contributed by atoms with E-state index in [1.165, 1.54) is 0 Å². The van der Waals surface area contributed by atoms with Crippen LogP contribution in [0.3, 0.4) is 0 Å². The molecule has 0 radical (unpaired) electrons. The molecule has 0 unspecified atom stereocenters. The molecule has 0 aliphatic carbocycles. The topological polar surface area (TPSA) is 88.3 Å². The van der Waals surface area contributed by atoms with E-state index in [4.69, 9.17) is 16.1 Å². The van der Waals surface area contributed by atoms with Gasteiger partial charge in [0.05, 0.1) is 5.92 Å². The summed E-state index contributed by atoms with van der Waals surface area (Å²) in [6.07, 6.45) is 1.75. The van der Waals surface area contributed by atoms with Crippen LogP contribution in [0.4, 0.5) is 0 Å². The summed E-state index contributed by atoms with van der Waals surface area (Å²) in [6, 6.07) is 6.00. The number of amides is 2. The molecule has 150 valence electrons. The second kappa shape index (κ2) is 8.73. The molecule has 7 nitrogen and oxygen atoms in total. The number of nitrogens with one attached hydrogen (secondary N) is 1. The molecule has 0 bridgehead atoms. The summed E-state index contributed by atoms with van der Waals surface area (Å²) in [5, 5.41) is 7.29. The minimum atomic E-state index is -0.605. The molecule has 2 amide bonds. The molecular weight excluding hydrogens is 380 g/mol. The zero-order valence-corrected chi connectivity index (χ0v) is 17.1. The zero-order valence-electron chi connectivity index (χ0n) is 16.3. The highest BCUT2D eigenvalue weighted by molar-refractivity contribution is 6.30. The Morgan fingerprint density at radius 1 is 1.29 bits per heavy atom. The highest BCUT2D eigenvalue weighted by atomic mass is 35.5. The Balaban J connectivity index is 1.69. The number of likely N-dealkylation sites (tertiary alicyclic amines) is 1. The molecule has 2 atom stereocenters. The SMILES string of the molecule is Cc1noc([C@H]2CCCN(C(=O)[C@H](NC(=O)c3ccc(Cl)cc3)C(C)C)C2)n1. The van der Waals surface area contributed by atoms with Gasteiger partial charge in [-0.1, -0.05) is 30.6 Å². The third-order valence-corrected chi connectivity index (χ3v) is 5.20. The number of hydrogen-bond acceptors (Lipinski definition) is 5. The van der Waals surface area contributed by atoms with Gasteiger partial charge >= 0.3 is 0 Å². The Kier molecular flexibility index (Phi) is 6.34. The quantitative estimate of drug-likeness (QED) is 0.826. The van der Waals surface area contributed by atoms with E-state index in [2.05, 4.69) is 15.5 Å². The van der Waals surface area contributed by atoms with Crippen molar-refractivity contribution in [2.45, 2.75) is 45.6 Å². The molecule has 1 aromatic carbocycles. The number of aryl methyl sites for hydroxylation is 1. The van der Waals surface area contributed by atoms with Crippen LogP contribution in [-0.2, 0) is 4.79 Å². The van der Waals surface area contributed by atoms with Crippen molar-refractivity contribution >= 4 is 23.4 Å². The van der Waals surface area contributed by atoms with Gasteiger partial charge in [-0.05, 0) is 49.9 Å². The van der Waals surface area contributed by atoms with Gasteiger partial charge < -0.3 is 14.7 Å². The van der Waals surface area contributed by atoms with E-state index in [1.807, 2.05) is 13.8 Å². The van der Waals surface area contributed by atoms with Gasteiger partial charge in [-0.3, -0.25) is 9.59 Å². The smallest absolute Gasteiger partial charge is 0.251 e. The minimum absolute atomic E-state index is 0.0266. The van der Waals surface area contributed by atoms with E-state index in [-0.39, 0.29) is 23.7 Å². The molecule has 1 saturated heterocycles. The lowest BCUT2D eigenvalue weighted by Gasteiger charge is -2.35. The summed E-state index contributed by atoms with van der Waals surface area (Å²) < 4.78 is 5.29. The van der Waals surface area contributed by atoms with Gasteiger partial charge in [0.2, 0.25) is 11.8 Å². The van der Waals surface area contributed by atoms with Crippen LogP contribution in [-0.4, -0.2) is 46.0 Å². The molecule has 2 heterocycles. The number of hydrogen-bond donors (Lipinski definition) is 1. The molecule has 1 N–H and O–H groups in total. The van der Waals surface area contributed by atoms with E-state index in [0.717, 1.165) is 12.8 Å². The first-order valence-electron chi connectivity index (χ1n) is 9.50. The van der Waals surface area contributed by atoms with Crippen molar-refractivity contribution in [1.29, 1.82) is 0 Å². The summed E-state index contributed by atoms with van der Waals surface area (Å²) in [6.45, 7) is 6.80. The number of carbonyl (C=O) groups is 2. The zero-order chi connectivity index (χ0) is 20.3. The second-order valence-corrected chi connectivity index (χ2v) is 7.94. The number of piperidine rings is 1. The van der Waals surface area contributed by atoms with Crippen LogP contribution in [0.15, 0.2) is 28.8 Å². The molecule has 1 aliphatic rings. The third kappa shape index (κ3) is 4.70. The van der Waals surface area contributed by atoms with Crippen molar-refractivity contribution in [3.8, 4) is 0 Å². The van der Waals surface area contributed by atoms with Crippen molar-refractivity contribution in [1.82, 2.24) is 20.4 Å². The summed E-state index contributed by atoms with van der Waals surface area (Å²) in [5.74, 6) is 0.770. The largest absolute Gasteiger partial charge is 0.340 e. The maximum Gasteiger partial charge on any atom is 0.251 e. The molecule has 1 aliphatic heterocycles. The number of aromatic nitrogens is 2. The fourth-order valence-electron chi connectivity index (χ4n) is 3.39. The highest BCUT2D eigenvalue weighted by Crippen LogP contribution is 2.26. The van der Waals surface area contributed by atoms with Crippen LogP contribution in [0, 0.1) is 12.8 Å². The lowest BCUT2D eigenvalue weighted by molar-refractivity contribution is -0.135. The van der Waals surface area contributed by atoms with Gasteiger partial charge in [-0.25, -0.2) is 0 Å². The number of nitrogens with zero attached hydrogens (tertiary/aromatic N) is 3. The fraction of sp³-hybridized carbons (Fsp3) is 0.500. The van der Waals surface area contributed by atoms with Gasteiger partial charge in [-0.15, -0.1) is 0 Å². The second-order valence-electron chi connectivity index (χ2n) is 7.51. The average molecular weight is 405 g/mol. The van der Waals surface area contributed by atoms with Gasteiger partial charge in [0.25, 0.3) is 5.91 Å². The van der Waals surface area contributed by atoms with E-state index in [0.29, 0.717) is 35.4 Å². The van der Waals surface area contributed by atoms with Gasteiger partial charge in [0.1, 0.15) is 6.04 Å². The molecule has 8 heteroatoms. The Labute approximate surface area is 169 Å². The predicted molar refractivity (Wildman–Crippen MR) is 105 cm³/mol. The van der Waals surface area contributed by atoms with Gasteiger partial charge in [0, 0.05) is 23.7 Å². The van der Waals surface area contributed by atoms with Crippen LogP contribution in [0.2, 0.25) is 5.02 Å². The first-order valence-corrected chi connectivity index (χ1v) is 9.88. The van der Waals surface area contributed by atoms with Crippen molar-refractivity contribution in [2.75, 3.05) is 13.1 Å². The van der Waals surface area contributed by atoms with Crippen molar-refractivity contribution in [3.63, 3.8) is 0 Å². The number of benzene rings is 1. The Hall–Kier alpha value is -2.41. The Bertz CT molecular complexity index is 834. The number of halogens is 1. The van der Waals surface area contributed by atoms with Crippen LogP contribution in [0.25, 0.3) is 0 Å². The summed E-state index contributed by atoms with van der Waals surface area (Å²) in [4.78, 5) is 31.9. The fourth-order valence-corrected chi connectivity index (χ4v) is 3.52. The average Bonchev–Trinajstić information content (AvgIpc) is 3.12. The first kappa shape index (κ1) is 20.3. The normalized spacial score (nSPS) is 18.2. The molecular formula is C20H25ClN4O3. The van der Waals surface area contributed by atoms with Crippen LogP contribution >= 0.6 is 11.6 Å². The Morgan fingerprint density at radius 2 is 2.00 bits per heavy atom. The summed E-state index contributed by atoms with van der Waals surface area (Å²) in [7, 11) is 0. The van der Waals surface area contributed by atoms with E-state index >= 15 is 0 Å². The van der Waals surface area contributed by atoms with Crippen LogP contribution in [0.5, 0.6) is 0 Å². The minimum Gasteiger partial charge on any atom is -0.340 e. The molecule has 0 spiro atoms. The van der Waals surface area contributed by atoms with Crippen molar-refractivity contribution < 1.29 is 14.1 Å². The lowest BCUT2D eigenvalue weighted by atomic mass is 9.95. The summed E-state index contributed by atoms with van der Waals surface area (Å²) >= 11 is 5.88. The van der Waals surface area contributed by atoms with E-state index in [1.54, 1.807) is 36.1 Å². The van der Waals surface area contributed by atoms with Crippen LogP contribution in [0.1, 0.15) is 54.7 Å². The van der Waals surface area contributed by atoms with Crippen molar-refractivity contribution in [2.24, 2.45) is 5.92 Å². The monoisotopic (exact) mass is 404 g/mol. The molecule has 3 rings (SSSR count). The Morgan fingerprint density at radius 3 is 2.61 bits per heavy atom. The van der Waals surface area contributed by atoms with Gasteiger partial charge in [-0.2, -0.15) is 4.98 Å². The highest BCUT2D eigenvalue weighted by Gasteiger charge is 2.33. The first-order chi connectivity index (χ1) is 13.3. The maximum atomic E-state index is 13.2. The predicted octanol–water partition coefficient (Wildman–Crippen LogP) is 3.19. The number of rotatable bonds is 5. The number of carbonyl (C=O) groups excluding carboxylic acids is 2. The van der Waals surface area contributed by atoms with E-state index < -0.39 is 6.04 Å². The van der Waals surface area contributed by atoms with Gasteiger partial charge in [0.15, 0.2) is 5.82 Å². The standard InChI is InChI=1S/C20H25ClN4O3/c1-12(2)17(23-18(26)14-6-8-16(21)9-7-14)20(27)25-10-4-5-15(11-25)19-22-13(3)24-28-19/h6-9,12,15,17H,4-5,10-11H2,1-3H3,(H,23,26)/t15-,17+/m0/s1. The maximum absolute atomic E-state index is 13.2. The molecule has 28 heavy (non-hydrogen) atoms. The molecule has 2 aromatic rings. The van der Waals surface area contributed by atoms with E-state index in [9.17, 15) is 9.59 Å². The van der Waals surface area contributed by atoms with Crippen LogP contribution < -0.4 is 5.32 Å². The molecule has 0 saturated carbocycles. The molecule has 1 aromatic heterocycles. The lowest BCUT2D eigenvalue weighted by Crippen LogP contribution is -2.53. The van der Waals surface area contributed by atoms with Crippen molar-refractivity contribution in [3.05, 3.63) is 46.6 Å². The molecule has 1 fully saturated rings. The third-order valence-electron chi connectivity index (χ3n) is 4.95.